The number of carbonyl (C=O) groups is 1. The van der Waals surface area contributed by atoms with Gasteiger partial charge in [-0.3, -0.25) is 9.78 Å². The number of aromatic nitrogens is 1. The Balaban J connectivity index is 3.09. The summed E-state index contributed by atoms with van der Waals surface area (Å²) in [6.45, 7) is 0. The van der Waals surface area contributed by atoms with Crippen molar-refractivity contribution < 1.29 is 17.6 Å². The van der Waals surface area contributed by atoms with Gasteiger partial charge in [0.05, 0.1) is 0 Å². The lowest BCUT2D eigenvalue weighted by molar-refractivity contribution is 0.100. The van der Waals surface area contributed by atoms with Gasteiger partial charge >= 0.3 is 22.2 Å². The molecule has 0 aromatic carbocycles. The van der Waals surface area contributed by atoms with Gasteiger partial charge in [-0.25, -0.2) is 4.79 Å². The lowest BCUT2D eigenvalue weighted by Gasteiger charge is -1.78. The van der Waals surface area contributed by atoms with E-state index in [1.165, 1.54) is 0 Å². The number of amides is 1. The summed E-state index contributed by atoms with van der Waals surface area (Å²) in [5.41, 5.74) is -0.302. The third-order valence-corrected chi connectivity index (χ3v) is 1.22. The van der Waals surface area contributed by atoms with Gasteiger partial charge in [-0.2, -0.15) is 8.42 Å². The van der Waals surface area contributed by atoms with Crippen molar-refractivity contribution in [3.05, 3.63) is 22.5 Å². The lowest BCUT2D eigenvalue weighted by atomic mass is 10.5. The Hall–Kier alpha value is -1.70. The highest BCUT2D eigenvalue weighted by molar-refractivity contribution is 7.62. The molecule has 1 N–H and O–H groups in total. The maximum Gasteiger partial charge on any atom is 0.416 e. The van der Waals surface area contributed by atoms with Crippen LogP contribution in [0, 0.1) is 0 Å². The summed E-state index contributed by atoms with van der Waals surface area (Å²) in [4.78, 5) is 22.9. The van der Waals surface area contributed by atoms with Gasteiger partial charge in [-0.1, -0.05) is 4.36 Å². The Morgan fingerprint density at radius 3 is 2.67 bits per heavy atom. The largest absolute Gasteiger partial charge is 0.416 e. The number of carbonyl (C=O) groups excluding carboxylic acids is 1. The van der Waals surface area contributed by atoms with E-state index >= 15 is 0 Å². The zero-order chi connectivity index (χ0) is 9.14. The van der Waals surface area contributed by atoms with Crippen LogP contribution in [0.25, 0.3) is 0 Å². The van der Waals surface area contributed by atoms with Crippen molar-refractivity contribution in [2.24, 2.45) is 4.36 Å². The summed E-state index contributed by atoms with van der Waals surface area (Å²) < 4.78 is 26.5. The number of nitrogens with one attached hydrogen (secondary N) is 1. The zero-order valence-corrected chi connectivity index (χ0v) is 6.29. The number of oxazole rings is 1. The molecule has 0 fully saturated rings. The molecule has 0 atom stereocenters. The minimum absolute atomic E-state index is 0.302. The van der Waals surface area contributed by atoms with E-state index in [1.807, 2.05) is 4.98 Å². The first-order valence-electron chi connectivity index (χ1n) is 2.63. The van der Waals surface area contributed by atoms with E-state index in [1.54, 1.807) is 0 Å². The molecule has 64 valence electrons. The van der Waals surface area contributed by atoms with Crippen molar-refractivity contribution in [1.29, 1.82) is 0 Å². The SMILES string of the molecule is O=C(N=S(=O)=O)c1coc(=O)[nH]1. The van der Waals surface area contributed by atoms with Crippen LogP contribution in [0.1, 0.15) is 10.5 Å². The minimum Gasteiger partial charge on any atom is -0.416 e. The third kappa shape index (κ3) is 1.89. The van der Waals surface area contributed by atoms with Crippen LogP contribution in [-0.4, -0.2) is 19.3 Å². The van der Waals surface area contributed by atoms with Crippen LogP contribution in [0.2, 0.25) is 0 Å². The normalized spacial score (nSPS) is 9.33. The number of rotatable bonds is 1. The van der Waals surface area contributed by atoms with Crippen LogP contribution in [-0.2, 0) is 10.5 Å². The first kappa shape index (κ1) is 8.40. The van der Waals surface area contributed by atoms with Gasteiger partial charge in [0.15, 0.2) is 0 Å². The Labute approximate surface area is 66.7 Å². The molecule has 7 nitrogen and oxygen atoms in total. The maximum absolute atomic E-state index is 10.7. The summed E-state index contributed by atoms with van der Waals surface area (Å²) >= 11 is 0. The molecule has 1 rings (SSSR count). The fraction of sp³-hybridized carbons (Fsp3) is 0. The van der Waals surface area contributed by atoms with Gasteiger partial charge < -0.3 is 4.42 Å². The maximum atomic E-state index is 10.7. The molecule has 0 saturated carbocycles. The van der Waals surface area contributed by atoms with E-state index in [-0.39, 0.29) is 5.69 Å². The Morgan fingerprint density at radius 1 is 1.58 bits per heavy atom. The molecular formula is C4H2N2O5S. The first-order chi connectivity index (χ1) is 5.59. The predicted molar refractivity (Wildman–Crippen MR) is 35.0 cm³/mol. The van der Waals surface area contributed by atoms with Gasteiger partial charge in [0.1, 0.15) is 12.0 Å². The Bertz CT molecular complexity index is 470. The molecule has 12 heavy (non-hydrogen) atoms. The second-order valence-corrected chi connectivity index (χ2v) is 2.29. The van der Waals surface area contributed by atoms with Crippen molar-refractivity contribution in [2.45, 2.75) is 0 Å². The van der Waals surface area contributed by atoms with Gasteiger partial charge in [-0.15, -0.1) is 0 Å². The Morgan fingerprint density at radius 2 is 2.25 bits per heavy atom. The highest BCUT2D eigenvalue weighted by Gasteiger charge is 2.07. The van der Waals surface area contributed by atoms with Gasteiger partial charge in [-0.05, 0) is 0 Å². The molecule has 0 aliphatic carbocycles. The molecule has 0 spiro atoms. The van der Waals surface area contributed by atoms with E-state index in [0.717, 1.165) is 6.26 Å². The fourth-order valence-electron chi connectivity index (χ4n) is 0.502. The van der Waals surface area contributed by atoms with E-state index in [2.05, 4.69) is 8.78 Å². The zero-order valence-electron chi connectivity index (χ0n) is 5.47. The Kier molecular flexibility index (Phi) is 2.19. The van der Waals surface area contributed by atoms with Crippen molar-refractivity contribution >= 4 is 16.4 Å². The minimum atomic E-state index is -2.83. The molecule has 1 aromatic heterocycles. The molecule has 1 heterocycles. The molecule has 1 amide bonds. The molecule has 0 saturated heterocycles. The van der Waals surface area contributed by atoms with Crippen LogP contribution in [0.3, 0.4) is 0 Å². The molecule has 0 unspecified atom stereocenters. The summed E-state index contributed by atoms with van der Waals surface area (Å²) in [6, 6.07) is 0. The number of H-pyrrole nitrogens is 1. The molecule has 1 aromatic rings. The standard InChI is InChI=1S/C4H2N2O5S/c7-3(6-12(9)10)2-1-11-4(8)5-2/h1H,(H,5,8). The highest BCUT2D eigenvalue weighted by Crippen LogP contribution is 1.92. The van der Waals surface area contributed by atoms with Gasteiger partial charge in [0.2, 0.25) is 0 Å². The first-order valence-corrected chi connectivity index (χ1v) is 3.66. The number of hydrogen-bond acceptors (Lipinski definition) is 5. The second-order valence-electron chi connectivity index (χ2n) is 1.68. The van der Waals surface area contributed by atoms with E-state index < -0.39 is 22.2 Å². The van der Waals surface area contributed by atoms with Crippen LogP contribution >= 0.6 is 0 Å². The topological polar surface area (TPSA) is 110 Å². The summed E-state index contributed by atoms with van der Waals surface area (Å²) in [5, 5.41) is 0. The van der Waals surface area contributed by atoms with Gasteiger partial charge in [0, 0.05) is 0 Å². The van der Waals surface area contributed by atoms with Gasteiger partial charge in [0.25, 0.3) is 0 Å². The predicted octanol–water partition coefficient (Wildman–Crippen LogP) is -0.829. The third-order valence-electron chi connectivity index (χ3n) is 0.908. The molecular weight excluding hydrogens is 188 g/mol. The summed E-state index contributed by atoms with van der Waals surface area (Å²) in [5.74, 6) is -1.92. The quantitative estimate of drug-likeness (QED) is 0.621. The van der Waals surface area contributed by atoms with Crippen molar-refractivity contribution in [3.63, 3.8) is 0 Å². The van der Waals surface area contributed by atoms with Crippen molar-refractivity contribution in [3.8, 4) is 0 Å². The van der Waals surface area contributed by atoms with E-state index in [0.29, 0.717) is 0 Å². The van der Waals surface area contributed by atoms with Crippen LogP contribution in [0.4, 0.5) is 0 Å². The van der Waals surface area contributed by atoms with Crippen LogP contribution < -0.4 is 5.76 Å². The van der Waals surface area contributed by atoms with Crippen LogP contribution in [0.5, 0.6) is 0 Å². The average Bonchev–Trinajstić information content (AvgIpc) is 2.34. The monoisotopic (exact) mass is 190 g/mol. The smallest absolute Gasteiger partial charge is 0.416 e. The number of aromatic amines is 1. The lowest BCUT2D eigenvalue weighted by Crippen LogP contribution is -2.01. The molecule has 0 aliphatic heterocycles. The average molecular weight is 190 g/mol. The summed E-state index contributed by atoms with van der Waals surface area (Å²) in [7, 11) is -2.83. The van der Waals surface area contributed by atoms with E-state index in [4.69, 9.17) is 0 Å². The van der Waals surface area contributed by atoms with E-state index in [9.17, 15) is 18.0 Å². The highest BCUT2D eigenvalue weighted by atomic mass is 32.2. The second kappa shape index (κ2) is 3.13. The van der Waals surface area contributed by atoms with Crippen molar-refractivity contribution in [1.82, 2.24) is 4.98 Å². The fourth-order valence-corrected chi connectivity index (χ4v) is 0.736. The summed E-state index contributed by atoms with van der Waals surface area (Å²) in [6.07, 6.45) is 0.793. The molecule has 0 aliphatic rings. The molecule has 0 bridgehead atoms. The molecule has 0 radical (unpaired) electrons. The van der Waals surface area contributed by atoms with Crippen LogP contribution in [0.15, 0.2) is 19.8 Å². The number of hydrogen-bond donors (Lipinski definition) is 1. The molecule has 8 heteroatoms. The van der Waals surface area contributed by atoms with Crippen molar-refractivity contribution in [2.75, 3.05) is 0 Å². The number of nitrogens with zero attached hydrogens (tertiary/aromatic N) is 1.